The van der Waals surface area contributed by atoms with E-state index in [-0.39, 0.29) is 0 Å². The Labute approximate surface area is 132 Å². The summed E-state index contributed by atoms with van der Waals surface area (Å²) in [4.78, 5) is 13.7. The van der Waals surface area contributed by atoms with E-state index < -0.39 is 5.97 Å². The highest BCUT2D eigenvalue weighted by Crippen LogP contribution is 2.23. The Balaban J connectivity index is 2.21. The Morgan fingerprint density at radius 2 is 1.90 bits per heavy atom. The zero-order valence-electron chi connectivity index (χ0n) is 12.0. The van der Waals surface area contributed by atoms with Gasteiger partial charge in [0.15, 0.2) is 0 Å². The average Bonchev–Trinajstić information content (AvgIpc) is 2.49. The second kappa shape index (κ2) is 6.63. The van der Waals surface area contributed by atoms with Crippen molar-refractivity contribution in [3.8, 4) is 0 Å². The fourth-order valence-electron chi connectivity index (χ4n) is 2.02. The second-order valence-electron chi connectivity index (χ2n) is 4.75. The van der Waals surface area contributed by atoms with Crippen molar-refractivity contribution in [2.24, 2.45) is 0 Å². The van der Waals surface area contributed by atoms with Crippen LogP contribution in [-0.2, 0) is 11.3 Å². The highest BCUT2D eigenvalue weighted by molar-refractivity contribution is 9.10. The van der Waals surface area contributed by atoms with E-state index >= 15 is 0 Å². The minimum absolute atomic E-state index is 0.387. The van der Waals surface area contributed by atoms with Crippen LogP contribution in [0.4, 0.5) is 11.4 Å². The van der Waals surface area contributed by atoms with Gasteiger partial charge in [-0.05, 0) is 35.9 Å². The molecule has 4 nitrogen and oxygen atoms in total. The molecular formula is C16H17BrN2O2. The summed E-state index contributed by atoms with van der Waals surface area (Å²) >= 11 is 3.42. The molecular weight excluding hydrogens is 332 g/mol. The van der Waals surface area contributed by atoms with Crippen molar-refractivity contribution in [1.82, 2.24) is 0 Å². The lowest BCUT2D eigenvalue weighted by Gasteiger charge is -2.20. The van der Waals surface area contributed by atoms with Gasteiger partial charge >= 0.3 is 5.97 Å². The first-order valence-corrected chi connectivity index (χ1v) is 7.24. The summed E-state index contributed by atoms with van der Waals surface area (Å²) in [6.07, 6.45) is 0. The first-order valence-electron chi connectivity index (χ1n) is 6.44. The van der Waals surface area contributed by atoms with Gasteiger partial charge in [0.05, 0.1) is 12.7 Å². The molecule has 0 unspecified atom stereocenters. The number of anilines is 2. The zero-order valence-corrected chi connectivity index (χ0v) is 13.6. The quantitative estimate of drug-likeness (QED) is 0.679. The monoisotopic (exact) mass is 348 g/mol. The van der Waals surface area contributed by atoms with Crippen LogP contribution in [0.25, 0.3) is 0 Å². The lowest BCUT2D eigenvalue weighted by molar-refractivity contribution is 0.0602. The summed E-state index contributed by atoms with van der Waals surface area (Å²) < 4.78 is 5.79. The minimum Gasteiger partial charge on any atom is -0.465 e. The Morgan fingerprint density at radius 1 is 1.24 bits per heavy atom. The fourth-order valence-corrected chi connectivity index (χ4v) is 2.29. The maximum absolute atomic E-state index is 11.7. The first kappa shape index (κ1) is 15.4. The van der Waals surface area contributed by atoms with E-state index in [9.17, 15) is 4.79 Å². The van der Waals surface area contributed by atoms with Crippen LogP contribution in [-0.4, -0.2) is 20.1 Å². The summed E-state index contributed by atoms with van der Waals surface area (Å²) in [5.41, 5.74) is 8.70. The Kier molecular flexibility index (Phi) is 4.85. The number of ether oxygens (including phenoxy) is 1. The summed E-state index contributed by atoms with van der Waals surface area (Å²) in [5, 5.41) is 0. The molecule has 2 N–H and O–H groups in total. The van der Waals surface area contributed by atoms with Crippen LogP contribution in [0.15, 0.2) is 46.9 Å². The molecule has 2 rings (SSSR count). The van der Waals surface area contributed by atoms with E-state index in [4.69, 9.17) is 10.5 Å². The number of rotatable bonds is 4. The van der Waals surface area contributed by atoms with E-state index in [1.807, 2.05) is 25.2 Å². The van der Waals surface area contributed by atoms with Crippen molar-refractivity contribution >= 4 is 33.3 Å². The van der Waals surface area contributed by atoms with Gasteiger partial charge in [-0.25, -0.2) is 4.79 Å². The van der Waals surface area contributed by atoms with Crippen molar-refractivity contribution in [3.63, 3.8) is 0 Å². The first-order chi connectivity index (χ1) is 10.0. The van der Waals surface area contributed by atoms with E-state index in [1.165, 1.54) is 12.7 Å². The van der Waals surface area contributed by atoms with Gasteiger partial charge in [0.1, 0.15) is 0 Å². The molecule has 0 aliphatic rings. The summed E-state index contributed by atoms with van der Waals surface area (Å²) in [7, 11) is 3.31. The smallest absolute Gasteiger partial charge is 0.340 e. The van der Waals surface area contributed by atoms with Gasteiger partial charge in [-0.2, -0.15) is 0 Å². The van der Waals surface area contributed by atoms with E-state index in [0.717, 1.165) is 16.7 Å². The third-order valence-electron chi connectivity index (χ3n) is 3.22. The number of halogens is 1. The molecule has 0 heterocycles. The molecule has 2 aromatic carbocycles. The topological polar surface area (TPSA) is 55.6 Å². The Hall–Kier alpha value is -2.01. The SMILES string of the molecule is COC(=O)c1cc(N(C)Cc2ccc(Br)cc2)ccc1N. The van der Waals surface area contributed by atoms with Gasteiger partial charge in [0.2, 0.25) is 0 Å². The van der Waals surface area contributed by atoms with Crippen molar-refractivity contribution < 1.29 is 9.53 Å². The molecule has 21 heavy (non-hydrogen) atoms. The second-order valence-corrected chi connectivity index (χ2v) is 5.66. The van der Waals surface area contributed by atoms with Gasteiger partial charge in [-0.3, -0.25) is 0 Å². The largest absolute Gasteiger partial charge is 0.465 e. The average molecular weight is 349 g/mol. The summed E-state index contributed by atoms with van der Waals surface area (Å²) in [6.45, 7) is 0.734. The fraction of sp³-hybridized carbons (Fsp3) is 0.188. The van der Waals surface area contributed by atoms with Crippen LogP contribution in [0.2, 0.25) is 0 Å². The van der Waals surface area contributed by atoms with Crippen molar-refractivity contribution in [3.05, 3.63) is 58.1 Å². The predicted octanol–water partition coefficient (Wildman–Crippen LogP) is 3.45. The number of nitrogens with two attached hydrogens (primary N) is 1. The Morgan fingerprint density at radius 3 is 2.52 bits per heavy atom. The van der Waals surface area contributed by atoms with Gasteiger partial charge in [0.25, 0.3) is 0 Å². The predicted molar refractivity (Wildman–Crippen MR) is 88.4 cm³/mol. The molecule has 2 aromatic rings. The molecule has 0 radical (unpaired) electrons. The third kappa shape index (κ3) is 3.76. The number of carbonyl (C=O) groups excluding carboxylic acids is 1. The molecule has 0 spiro atoms. The normalized spacial score (nSPS) is 10.2. The molecule has 5 heteroatoms. The summed E-state index contributed by atoms with van der Waals surface area (Å²) in [6, 6.07) is 13.5. The van der Waals surface area contributed by atoms with E-state index in [2.05, 4.69) is 33.0 Å². The standard InChI is InChI=1S/C16H17BrN2O2/c1-19(10-11-3-5-12(17)6-4-11)13-7-8-15(18)14(9-13)16(20)21-2/h3-9H,10,18H2,1-2H3. The van der Waals surface area contributed by atoms with Gasteiger partial charge < -0.3 is 15.4 Å². The number of benzene rings is 2. The van der Waals surface area contributed by atoms with Crippen LogP contribution >= 0.6 is 15.9 Å². The number of esters is 1. The van der Waals surface area contributed by atoms with Crippen LogP contribution in [0.3, 0.4) is 0 Å². The number of methoxy groups -OCH3 is 1. The van der Waals surface area contributed by atoms with Gasteiger partial charge in [-0.15, -0.1) is 0 Å². The summed E-state index contributed by atoms with van der Waals surface area (Å²) in [5.74, 6) is -0.425. The number of nitrogen functional groups attached to an aromatic ring is 1. The maximum atomic E-state index is 11.7. The molecule has 110 valence electrons. The molecule has 0 fully saturated rings. The number of carbonyl (C=O) groups is 1. The Bertz CT molecular complexity index is 641. The van der Waals surface area contributed by atoms with Crippen molar-refractivity contribution in [2.45, 2.75) is 6.54 Å². The van der Waals surface area contributed by atoms with E-state index in [1.54, 1.807) is 12.1 Å². The number of hydrogen-bond donors (Lipinski definition) is 1. The van der Waals surface area contributed by atoms with Crippen molar-refractivity contribution in [2.75, 3.05) is 24.8 Å². The molecule has 0 aliphatic heterocycles. The van der Waals surface area contributed by atoms with Gasteiger partial charge in [0, 0.05) is 29.4 Å². The third-order valence-corrected chi connectivity index (χ3v) is 3.74. The van der Waals surface area contributed by atoms with Crippen LogP contribution in [0.5, 0.6) is 0 Å². The maximum Gasteiger partial charge on any atom is 0.340 e. The van der Waals surface area contributed by atoms with Crippen molar-refractivity contribution in [1.29, 1.82) is 0 Å². The highest BCUT2D eigenvalue weighted by Gasteiger charge is 2.12. The molecule has 0 atom stereocenters. The van der Waals surface area contributed by atoms with Crippen LogP contribution in [0.1, 0.15) is 15.9 Å². The molecule has 0 saturated heterocycles. The lowest BCUT2D eigenvalue weighted by atomic mass is 10.1. The van der Waals surface area contributed by atoms with E-state index in [0.29, 0.717) is 11.3 Å². The number of nitrogens with zero attached hydrogens (tertiary/aromatic N) is 1. The number of hydrogen-bond acceptors (Lipinski definition) is 4. The molecule has 0 bridgehead atoms. The molecule has 0 aliphatic carbocycles. The minimum atomic E-state index is -0.425. The van der Waals surface area contributed by atoms with Gasteiger partial charge in [-0.1, -0.05) is 28.1 Å². The zero-order chi connectivity index (χ0) is 15.4. The molecule has 0 saturated carbocycles. The molecule has 0 amide bonds. The molecule has 0 aromatic heterocycles. The highest BCUT2D eigenvalue weighted by atomic mass is 79.9. The van der Waals surface area contributed by atoms with Crippen LogP contribution < -0.4 is 10.6 Å². The van der Waals surface area contributed by atoms with Crippen LogP contribution in [0, 0.1) is 0 Å². The lowest BCUT2D eigenvalue weighted by Crippen LogP contribution is -2.17.